The second kappa shape index (κ2) is 9.35. The highest BCUT2D eigenvalue weighted by atomic mass is 32.2. The molecule has 0 aromatic heterocycles. The summed E-state index contributed by atoms with van der Waals surface area (Å²) in [5.41, 5.74) is 4.03. The standard InChI is InChI=1S/C25H28N2O3S/c1-18(2)21-13-11-20(12-14-21)17-27(4)25(28)22-8-6-10-24(16-22)31(29,30)26-23-9-5-7-19(3)15-23/h5-16,18,26H,17H2,1-4H3. The van der Waals surface area contributed by atoms with Crippen LogP contribution in [-0.2, 0) is 16.6 Å². The third-order valence-corrected chi connectivity index (χ3v) is 6.45. The normalized spacial score (nSPS) is 11.4. The van der Waals surface area contributed by atoms with Gasteiger partial charge in [-0.15, -0.1) is 0 Å². The van der Waals surface area contributed by atoms with Gasteiger partial charge in [0.25, 0.3) is 15.9 Å². The number of nitrogens with zero attached hydrogens (tertiary/aromatic N) is 1. The van der Waals surface area contributed by atoms with Gasteiger partial charge in [0, 0.05) is 24.8 Å². The largest absolute Gasteiger partial charge is 0.337 e. The summed E-state index contributed by atoms with van der Waals surface area (Å²) < 4.78 is 28.2. The summed E-state index contributed by atoms with van der Waals surface area (Å²) in [6.45, 7) is 6.61. The van der Waals surface area contributed by atoms with Crippen molar-refractivity contribution in [3.05, 3.63) is 95.1 Å². The van der Waals surface area contributed by atoms with E-state index in [1.165, 1.54) is 17.7 Å². The molecule has 0 saturated heterocycles. The topological polar surface area (TPSA) is 66.5 Å². The van der Waals surface area contributed by atoms with Gasteiger partial charge in [-0.2, -0.15) is 0 Å². The fourth-order valence-electron chi connectivity index (χ4n) is 3.29. The quantitative estimate of drug-likeness (QED) is 0.554. The Kier molecular flexibility index (Phi) is 6.81. The Balaban J connectivity index is 1.75. The third-order valence-electron chi connectivity index (χ3n) is 5.07. The van der Waals surface area contributed by atoms with Gasteiger partial charge in [0.05, 0.1) is 4.90 Å². The van der Waals surface area contributed by atoms with Crippen molar-refractivity contribution in [1.82, 2.24) is 4.90 Å². The lowest BCUT2D eigenvalue weighted by Gasteiger charge is -2.18. The monoisotopic (exact) mass is 436 g/mol. The predicted octanol–water partition coefficient (Wildman–Crippen LogP) is 5.19. The number of anilines is 1. The molecular weight excluding hydrogens is 408 g/mol. The Morgan fingerprint density at radius 3 is 2.29 bits per heavy atom. The van der Waals surface area contributed by atoms with Crippen molar-refractivity contribution in [2.24, 2.45) is 0 Å². The number of rotatable bonds is 7. The first kappa shape index (κ1) is 22.6. The van der Waals surface area contributed by atoms with Gasteiger partial charge in [-0.25, -0.2) is 8.42 Å². The van der Waals surface area contributed by atoms with E-state index in [4.69, 9.17) is 0 Å². The minimum atomic E-state index is -3.80. The van der Waals surface area contributed by atoms with E-state index < -0.39 is 10.0 Å². The summed E-state index contributed by atoms with van der Waals surface area (Å²) in [5.74, 6) is 0.215. The molecule has 0 spiro atoms. The lowest BCUT2D eigenvalue weighted by Crippen LogP contribution is -2.26. The van der Waals surface area contributed by atoms with Crippen LogP contribution < -0.4 is 4.72 Å². The van der Waals surface area contributed by atoms with Crippen LogP contribution in [0.5, 0.6) is 0 Å². The summed E-state index contributed by atoms with van der Waals surface area (Å²) in [5, 5.41) is 0. The van der Waals surface area contributed by atoms with Crippen LogP contribution in [0, 0.1) is 6.92 Å². The van der Waals surface area contributed by atoms with Gasteiger partial charge in [0.2, 0.25) is 0 Å². The van der Waals surface area contributed by atoms with E-state index in [2.05, 4.69) is 30.7 Å². The summed E-state index contributed by atoms with van der Waals surface area (Å²) in [7, 11) is -2.09. The molecular formula is C25H28N2O3S. The van der Waals surface area contributed by atoms with Gasteiger partial charge in [-0.05, 0) is 59.9 Å². The summed E-state index contributed by atoms with van der Waals surface area (Å²) in [6.07, 6.45) is 0. The minimum absolute atomic E-state index is 0.0505. The Morgan fingerprint density at radius 1 is 0.968 bits per heavy atom. The van der Waals surface area contributed by atoms with Crippen molar-refractivity contribution < 1.29 is 13.2 Å². The van der Waals surface area contributed by atoms with Gasteiger partial charge < -0.3 is 4.90 Å². The van der Waals surface area contributed by atoms with Crippen LogP contribution in [0.3, 0.4) is 0 Å². The molecule has 0 aliphatic carbocycles. The first-order chi connectivity index (χ1) is 14.7. The van der Waals surface area contributed by atoms with Crippen molar-refractivity contribution in [3.63, 3.8) is 0 Å². The zero-order valence-electron chi connectivity index (χ0n) is 18.3. The molecule has 0 fully saturated rings. The van der Waals surface area contributed by atoms with E-state index in [0.29, 0.717) is 23.7 Å². The molecule has 162 valence electrons. The van der Waals surface area contributed by atoms with E-state index in [1.54, 1.807) is 42.3 Å². The van der Waals surface area contributed by atoms with Crippen LogP contribution >= 0.6 is 0 Å². The number of aryl methyl sites for hydroxylation is 1. The van der Waals surface area contributed by atoms with Crippen LogP contribution in [0.25, 0.3) is 0 Å². The molecule has 0 heterocycles. The van der Waals surface area contributed by atoms with Crippen LogP contribution in [0.15, 0.2) is 77.7 Å². The number of hydrogen-bond donors (Lipinski definition) is 1. The second-order valence-electron chi connectivity index (χ2n) is 8.06. The van der Waals surface area contributed by atoms with E-state index in [1.807, 2.05) is 25.1 Å². The molecule has 3 aromatic rings. The van der Waals surface area contributed by atoms with Crippen molar-refractivity contribution in [2.75, 3.05) is 11.8 Å². The lowest BCUT2D eigenvalue weighted by atomic mass is 10.0. The number of sulfonamides is 1. The maximum atomic E-state index is 12.9. The first-order valence-electron chi connectivity index (χ1n) is 10.2. The minimum Gasteiger partial charge on any atom is -0.337 e. The fourth-order valence-corrected chi connectivity index (χ4v) is 4.39. The third kappa shape index (κ3) is 5.73. The second-order valence-corrected chi connectivity index (χ2v) is 9.74. The molecule has 3 rings (SSSR count). The maximum absolute atomic E-state index is 12.9. The van der Waals surface area contributed by atoms with Crippen molar-refractivity contribution in [2.45, 2.75) is 38.1 Å². The molecule has 1 amide bonds. The molecule has 3 aromatic carbocycles. The fraction of sp³-hybridized carbons (Fsp3) is 0.240. The van der Waals surface area contributed by atoms with E-state index in [-0.39, 0.29) is 10.8 Å². The Bertz CT molecular complexity index is 1170. The van der Waals surface area contributed by atoms with E-state index >= 15 is 0 Å². The molecule has 0 saturated carbocycles. The first-order valence-corrected chi connectivity index (χ1v) is 11.7. The number of benzene rings is 3. The van der Waals surface area contributed by atoms with Crippen molar-refractivity contribution >= 4 is 21.6 Å². The molecule has 1 N–H and O–H groups in total. The maximum Gasteiger partial charge on any atom is 0.261 e. The van der Waals surface area contributed by atoms with E-state index in [0.717, 1.165) is 11.1 Å². The molecule has 0 unspecified atom stereocenters. The van der Waals surface area contributed by atoms with Crippen LogP contribution in [0.4, 0.5) is 5.69 Å². The summed E-state index contributed by atoms with van der Waals surface area (Å²) >= 11 is 0. The molecule has 0 aliphatic heterocycles. The zero-order valence-corrected chi connectivity index (χ0v) is 19.1. The summed E-state index contributed by atoms with van der Waals surface area (Å²) in [6, 6.07) is 21.4. The van der Waals surface area contributed by atoms with Crippen LogP contribution in [0.1, 0.15) is 46.8 Å². The number of hydrogen-bond acceptors (Lipinski definition) is 3. The molecule has 6 heteroatoms. The SMILES string of the molecule is Cc1cccc(NS(=O)(=O)c2cccc(C(=O)N(C)Cc3ccc(C(C)C)cc3)c2)c1. The molecule has 0 radical (unpaired) electrons. The highest BCUT2D eigenvalue weighted by Crippen LogP contribution is 2.20. The Labute approximate surface area is 184 Å². The summed E-state index contributed by atoms with van der Waals surface area (Å²) in [4.78, 5) is 14.6. The molecule has 0 bridgehead atoms. The van der Waals surface area contributed by atoms with Crippen molar-refractivity contribution in [3.8, 4) is 0 Å². The van der Waals surface area contributed by atoms with Gasteiger partial charge >= 0.3 is 0 Å². The van der Waals surface area contributed by atoms with Gasteiger partial charge in [-0.3, -0.25) is 9.52 Å². The Hall–Kier alpha value is -3.12. The Morgan fingerprint density at radius 2 is 1.65 bits per heavy atom. The molecule has 5 nitrogen and oxygen atoms in total. The molecule has 0 atom stereocenters. The van der Waals surface area contributed by atoms with E-state index in [9.17, 15) is 13.2 Å². The molecule has 0 aliphatic rings. The van der Waals surface area contributed by atoms with Gasteiger partial charge in [0.15, 0.2) is 0 Å². The number of nitrogens with one attached hydrogen (secondary N) is 1. The highest BCUT2D eigenvalue weighted by Gasteiger charge is 2.18. The van der Waals surface area contributed by atoms with Crippen LogP contribution in [-0.4, -0.2) is 26.3 Å². The van der Waals surface area contributed by atoms with Crippen molar-refractivity contribution in [1.29, 1.82) is 0 Å². The average molecular weight is 437 g/mol. The predicted molar refractivity (Wildman–Crippen MR) is 125 cm³/mol. The van der Waals surface area contributed by atoms with Gasteiger partial charge in [-0.1, -0.05) is 56.3 Å². The molecule has 31 heavy (non-hydrogen) atoms. The van der Waals surface area contributed by atoms with Gasteiger partial charge in [0.1, 0.15) is 0 Å². The highest BCUT2D eigenvalue weighted by molar-refractivity contribution is 7.92. The number of amides is 1. The average Bonchev–Trinajstić information content (AvgIpc) is 2.73. The number of carbonyl (C=O) groups excluding carboxylic acids is 1. The van der Waals surface area contributed by atoms with Crippen LogP contribution in [0.2, 0.25) is 0 Å². The zero-order chi connectivity index (χ0) is 22.6. The lowest BCUT2D eigenvalue weighted by molar-refractivity contribution is 0.0785. The smallest absolute Gasteiger partial charge is 0.261 e. The number of carbonyl (C=O) groups is 1.